The summed E-state index contributed by atoms with van der Waals surface area (Å²) in [6, 6.07) is 14.3. The number of amides is 3. The molecule has 0 aromatic heterocycles. The molecule has 2 aromatic carbocycles. The SMILES string of the molecule is CC(C)C[C@@H]1N[C@]2(C(=O)Nc3ccccc32)[C@@H]2C(=O)N(Cc3ccccc3Cl)C(=O)[C@H]12. The minimum absolute atomic E-state index is 0.109. The summed E-state index contributed by atoms with van der Waals surface area (Å²) in [5.74, 6) is -1.89. The lowest BCUT2D eigenvalue weighted by Crippen LogP contribution is -2.53. The number of carbonyl (C=O) groups excluding carboxylic acids is 3. The van der Waals surface area contributed by atoms with E-state index < -0.39 is 17.4 Å². The second-order valence-corrected chi connectivity index (χ2v) is 9.45. The zero-order valence-electron chi connectivity index (χ0n) is 17.4. The van der Waals surface area contributed by atoms with Gasteiger partial charge >= 0.3 is 0 Å². The molecule has 3 aliphatic rings. The standard InChI is InChI=1S/C24H24ClN3O3/c1-13(2)11-18-19-20(24(27-18)15-8-4-6-10-17(15)26-23(24)31)22(30)28(21(19)29)12-14-7-3-5-9-16(14)25/h3-10,13,18-20,27H,11-12H2,1-2H3,(H,26,31)/t18-,19+,20-,24-/m0/s1. The Morgan fingerprint density at radius 3 is 2.48 bits per heavy atom. The summed E-state index contributed by atoms with van der Waals surface area (Å²) < 4.78 is 0. The molecule has 160 valence electrons. The Balaban J connectivity index is 1.60. The highest BCUT2D eigenvalue weighted by Crippen LogP contribution is 2.53. The average Bonchev–Trinajstić information content (AvgIpc) is 3.30. The molecule has 3 heterocycles. The summed E-state index contributed by atoms with van der Waals surface area (Å²) in [6.07, 6.45) is 0.692. The Morgan fingerprint density at radius 2 is 1.74 bits per heavy atom. The number of nitrogens with zero attached hydrogens (tertiary/aromatic N) is 1. The second-order valence-electron chi connectivity index (χ2n) is 9.05. The van der Waals surface area contributed by atoms with Crippen LogP contribution in [-0.4, -0.2) is 28.7 Å². The molecule has 7 heteroatoms. The van der Waals surface area contributed by atoms with E-state index in [1.807, 2.05) is 42.5 Å². The van der Waals surface area contributed by atoms with Crippen molar-refractivity contribution in [3.63, 3.8) is 0 Å². The molecule has 0 aliphatic carbocycles. The van der Waals surface area contributed by atoms with Crippen LogP contribution in [0.4, 0.5) is 5.69 Å². The number of benzene rings is 2. The summed E-state index contributed by atoms with van der Waals surface area (Å²) >= 11 is 6.30. The molecule has 3 aliphatic heterocycles. The van der Waals surface area contributed by atoms with Gasteiger partial charge < -0.3 is 5.32 Å². The average molecular weight is 438 g/mol. The van der Waals surface area contributed by atoms with Crippen molar-refractivity contribution in [2.24, 2.45) is 17.8 Å². The van der Waals surface area contributed by atoms with Crippen molar-refractivity contribution in [2.45, 2.75) is 38.4 Å². The van der Waals surface area contributed by atoms with Crippen LogP contribution in [0, 0.1) is 17.8 Å². The Labute approximate surface area is 185 Å². The molecule has 31 heavy (non-hydrogen) atoms. The van der Waals surface area contributed by atoms with Gasteiger partial charge in [0.25, 0.3) is 0 Å². The molecule has 2 aromatic rings. The van der Waals surface area contributed by atoms with Crippen molar-refractivity contribution < 1.29 is 14.4 Å². The number of carbonyl (C=O) groups is 3. The van der Waals surface area contributed by atoms with Gasteiger partial charge in [0.15, 0.2) is 0 Å². The predicted octanol–water partition coefficient (Wildman–Crippen LogP) is 3.31. The van der Waals surface area contributed by atoms with Crippen LogP contribution in [0.15, 0.2) is 48.5 Å². The molecule has 6 nitrogen and oxygen atoms in total. The number of hydrogen-bond donors (Lipinski definition) is 2. The number of likely N-dealkylation sites (tertiary alicyclic amines) is 1. The van der Waals surface area contributed by atoms with Crippen LogP contribution in [0.25, 0.3) is 0 Å². The summed E-state index contributed by atoms with van der Waals surface area (Å²) in [5.41, 5.74) is 0.906. The number of anilines is 1. The third-order valence-corrected chi connectivity index (χ3v) is 7.09. The van der Waals surface area contributed by atoms with Gasteiger partial charge in [-0.2, -0.15) is 0 Å². The van der Waals surface area contributed by atoms with Crippen molar-refractivity contribution in [2.75, 3.05) is 5.32 Å². The third kappa shape index (κ3) is 2.85. The molecule has 1 spiro atoms. The first-order valence-corrected chi connectivity index (χ1v) is 11.0. The smallest absolute Gasteiger partial charge is 0.250 e. The molecule has 0 radical (unpaired) electrons. The first kappa shape index (κ1) is 20.2. The van der Waals surface area contributed by atoms with Crippen molar-refractivity contribution in [3.05, 3.63) is 64.7 Å². The Morgan fingerprint density at radius 1 is 1.03 bits per heavy atom. The fraction of sp³-hybridized carbons (Fsp3) is 0.375. The largest absolute Gasteiger partial charge is 0.324 e. The van der Waals surface area contributed by atoms with E-state index in [2.05, 4.69) is 24.5 Å². The number of para-hydroxylation sites is 1. The van der Waals surface area contributed by atoms with E-state index in [4.69, 9.17) is 11.6 Å². The van der Waals surface area contributed by atoms with Crippen LogP contribution in [0.5, 0.6) is 0 Å². The molecule has 4 atom stereocenters. The van der Waals surface area contributed by atoms with Gasteiger partial charge in [-0.25, -0.2) is 0 Å². The van der Waals surface area contributed by atoms with E-state index in [0.29, 0.717) is 28.6 Å². The van der Waals surface area contributed by atoms with E-state index in [1.165, 1.54) is 4.90 Å². The number of nitrogens with one attached hydrogen (secondary N) is 2. The lowest BCUT2D eigenvalue weighted by Gasteiger charge is -2.30. The molecule has 3 amide bonds. The normalized spacial score (nSPS) is 29.1. The Hall–Kier alpha value is -2.70. The van der Waals surface area contributed by atoms with Gasteiger partial charge in [0, 0.05) is 22.3 Å². The monoisotopic (exact) mass is 437 g/mol. The first-order chi connectivity index (χ1) is 14.8. The molecule has 0 unspecified atom stereocenters. The number of rotatable bonds is 4. The van der Waals surface area contributed by atoms with Crippen LogP contribution in [0.3, 0.4) is 0 Å². The summed E-state index contributed by atoms with van der Waals surface area (Å²) in [5, 5.41) is 6.89. The number of hydrogen-bond acceptors (Lipinski definition) is 4. The minimum Gasteiger partial charge on any atom is -0.324 e. The number of imide groups is 1. The highest BCUT2D eigenvalue weighted by molar-refractivity contribution is 6.31. The molecular formula is C24H24ClN3O3. The summed E-state index contributed by atoms with van der Waals surface area (Å²) in [7, 11) is 0. The van der Waals surface area contributed by atoms with E-state index in [9.17, 15) is 14.4 Å². The quantitative estimate of drug-likeness (QED) is 0.719. The highest BCUT2D eigenvalue weighted by atomic mass is 35.5. The van der Waals surface area contributed by atoms with E-state index in [1.54, 1.807) is 6.07 Å². The Bertz CT molecular complexity index is 1100. The maximum atomic E-state index is 13.7. The predicted molar refractivity (Wildman–Crippen MR) is 117 cm³/mol. The van der Waals surface area contributed by atoms with Crippen LogP contribution >= 0.6 is 11.6 Å². The molecule has 2 N–H and O–H groups in total. The van der Waals surface area contributed by atoms with Crippen LogP contribution < -0.4 is 10.6 Å². The Kier molecular flexibility index (Phi) is 4.68. The minimum atomic E-state index is -1.23. The van der Waals surface area contributed by atoms with E-state index in [0.717, 1.165) is 5.56 Å². The van der Waals surface area contributed by atoms with Crippen molar-refractivity contribution in [1.29, 1.82) is 0 Å². The van der Waals surface area contributed by atoms with Crippen LogP contribution in [0.1, 0.15) is 31.4 Å². The van der Waals surface area contributed by atoms with Gasteiger partial charge in [-0.3, -0.25) is 24.6 Å². The van der Waals surface area contributed by atoms with Gasteiger partial charge in [-0.05, 0) is 30.0 Å². The molecule has 0 bridgehead atoms. The molecule has 5 rings (SSSR count). The topological polar surface area (TPSA) is 78.5 Å². The maximum absolute atomic E-state index is 13.7. The number of fused-ring (bicyclic) bond motifs is 4. The van der Waals surface area contributed by atoms with E-state index >= 15 is 0 Å². The second kappa shape index (κ2) is 7.18. The zero-order valence-corrected chi connectivity index (χ0v) is 18.1. The molecule has 2 saturated heterocycles. The van der Waals surface area contributed by atoms with Crippen molar-refractivity contribution >= 4 is 35.0 Å². The third-order valence-electron chi connectivity index (χ3n) is 6.73. The van der Waals surface area contributed by atoms with E-state index in [-0.39, 0.29) is 30.3 Å². The lowest BCUT2D eigenvalue weighted by atomic mass is 9.76. The van der Waals surface area contributed by atoms with Crippen molar-refractivity contribution in [1.82, 2.24) is 10.2 Å². The van der Waals surface area contributed by atoms with Gasteiger partial charge in [0.2, 0.25) is 17.7 Å². The zero-order chi connectivity index (χ0) is 21.9. The fourth-order valence-electron chi connectivity index (χ4n) is 5.48. The van der Waals surface area contributed by atoms with Crippen molar-refractivity contribution in [3.8, 4) is 0 Å². The number of halogens is 1. The maximum Gasteiger partial charge on any atom is 0.250 e. The van der Waals surface area contributed by atoms with Gasteiger partial charge in [0.1, 0.15) is 5.54 Å². The molecular weight excluding hydrogens is 414 g/mol. The summed E-state index contributed by atoms with van der Waals surface area (Å²) in [6.45, 7) is 4.26. The van der Waals surface area contributed by atoms with Crippen LogP contribution in [0.2, 0.25) is 5.02 Å². The van der Waals surface area contributed by atoms with Gasteiger partial charge in [0.05, 0.1) is 18.4 Å². The molecule has 0 saturated carbocycles. The van der Waals surface area contributed by atoms with Gasteiger partial charge in [-0.15, -0.1) is 0 Å². The van der Waals surface area contributed by atoms with Gasteiger partial charge in [-0.1, -0.05) is 61.8 Å². The lowest BCUT2D eigenvalue weighted by molar-refractivity contribution is -0.143. The molecule has 2 fully saturated rings. The van der Waals surface area contributed by atoms with Crippen LogP contribution in [-0.2, 0) is 26.5 Å². The first-order valence-electron chi connectivity index (χ1n) is 10.6. The summed E-state index contributed by atoms with van der Waals surface area (Å²) in [4.78, 5) is 41.9. The fourth-order valence-corrected chi connectivity index (χ4v) is 5.68. The highest BCUT2D eigenvalue weighted by Gasteiger charge is 2.70.